The summed E-state index contributed by atoms with van der Waals surface area (Å²) in [5, 5.41) is 11.1. The van der Waals surface area contributed by atoms with Gasteiger partial charge in [0, 0.05) is 25.5 Å². The molecular formula is C24H21F2N3O4. The van der Waals surface area contributed by atoms with Crippen molar-refractivity contribution in [3.05, 3.63) is 89.5 Å². The molecule has 1 atom stereocenters. The fraction of sp³-hybridized carbons (Fsp3) is 0.208. The number of halogens is 2. The van der Waals surface area contributed by atoms with Crippen LogP contribution in [-0.4, -0.2) is 44.9 Å². The molecule has 3 aromatic rings. The number of hydrogen-bond acceptors (Lipinski definition) is 5. The highest BCUT2D eigenvalue weighted by Gasteiger charge is 2.46. The number of likely N-dealkylation sites (tertiary alicyclic amines) is 1. The molecule has 4 rings (SSSR count). The molecule has 0 aliphatic carbocycles. The van der Waals surface area contributed by atoms with E-state index in [4.69, 9.17) is 4.74 Å². The van der Waals surface area contributed by atoms with Crippen LogP contribution in [0, 0.1) is 11.6 Å². The van der Waals surface area contributed by atoms with Crippen LogP contribution in [0.5, 0.6) is 5.75 Å². The molecule has 0 unspecified atom stereocenters. The average Bonchev–Trinajstić information content (AvgIpc) is 3.41. The van der Waals surface area contributed by atoms with E-state index in [9.17, 15) is 23.5 Å². The topological polar surface area (TPSA) is 84.7 Å². The second kappa shape index (κ2) is 9.23. The smallest absolute Gasteiger partial charge is 0.295 e. The Morgan fingerprint density at radius 2 is 1.91 bits per heavy atom. The number of methoxy groups -OCH3 is 1. The zero-order valence-corrected chi connectivity index (χ0v) is 17.7. The largest absolute Gasteiger partial charge is 0.507 e. The summed E-state index contributed by atoms with van der Waals surface area (Å²) in [6, 6.07) is 7.90. The molecule has 1 fully saturated rings. The van der Waals surface area contributed by atoms with Crippen molar-refractivity contribution >= 4 is 17.4 Å². The lowest BCUT2D eigenvalue weighted by Crippen LogP contribution is -2.31. The highest BCUT2D eigenvalue weighted by atomic mass is 19.1. The molecule has 170 valence electrons. The van der Waals surface area contributed by atoms with Crippen molar-refractivity contribution in [1.82, 2.24) is 14.5 Å². The molecule has 0 radical (unpaired) electrons. The average molecular weight is 453 g/mol. The SMILES string of the molecule is COc1ccc(F)cc1C(O)=C1C(=O)C(=O)N(CCCn2ccnc2)[C@H]1c1cccc(F)c1. The first-order valence-electron chi connectivity index (χ1n) is 10.2. The van der Waals surface area contributed by atoms with Crippen LogP contribution in [0.25, 0.3) is 5.76 Å². The first kappa shape index (κ1) is 22.2. The lowest BCUT2D eigenvalue weighted by Gasteiger charge is -2.25. The van der Waals surface area contributed by atoms with Gasteiger partial charge in [0.1, 0.15) is 23.1 Å². The van der Waals surface area contributed by atoms with Gasteiger partial charge in [-0.3, -0.25) is 9.59 Å². The lowest BCUT2D eigenvalue weighted by molar-refractivity contribution is -0.139. The number of aliphatic hydroxyl groups is 1. The monoisotopic (exact) mass is 453 g/mol. The second-order valence-corrected chi connectivity index (χ2v) is 7.55. The Morgan fingerprint density at radius 1 is 1.12 bits per heavy atom. The van der Waals surface area contributed by atoms with Gasteiger partial charge in [0.05, 0.1) is 30.6 Å². The molecule has 0 saturated carbocycles. The maximum atomic E-state index is 14.1. The van der Waals surface area contributed by atoms with Gasteiger partial charge >= 0.3 is 0 Å². The number of carbonyl (C=O) groups excluding carboxylic acids is 2. The lowest BCUT2D eigenvalue weighted by atomic mass is 9.95. The van der Waals surface area contributed by atoms with Crippen LogP contribution in [0.15, 0.2) is 66.8 Å². The molecule has 1 N–H and O–H groups in total. The fourth-order valence-electron chi connectivity index (χ4n) is 3.99. The first-order chi connectivity index (χ1) is 15.9. The number of amides is 1. The maximum absolute atomic E-state index is 14.1. The van der Waals surface area contributed by atoms with Gasteiger partial charge in [0.15, 0.2) is 0 Å². The molecule has 0 spiro atoms. The van der Waals surface area contributed by atoms with E-state index in [0.29, 0.717) is 18.5 Å². The Hall–Kier alpha value is -4.01. The third kappa shape index (κ3) is 4.34. The molecule has 1 aliphatic heterocycles. The van der Waals surface area contributed by atoms with E-state index in [2.05, 4.69) is 4.98 Å². The second-order valence-electron chi connectivity index (χ2n) is 7.55. The number of ketones is 1. The minimum absolute atomic E-state index is 0.0738. The number of rotatable bonds is 7. The summed E-state index contributed by atoms with van der Waals surface area (Å²) >= 11 is 0. The quantitative estimate of drug-likeness (QED) is 0.335. The highest BCUT2D eigenvalue weighted by molar-refractivity contribution is 6.46. The van der Waals surface area contributed by atoms with Crippen molar-refractivity contribution in [2.45, 2.75) is 19.0 Å². The van der Waals surface area contributed by atoms with Crippen molar-refractivity contribution < 1.29 is 28.2 Å². The Balaban J connectivity index is 1.79. The summed E-state index contributed by atoms with van der Waals surface area (Å²) in [6.45, 7) is 0.706. The van der Waals surface area contributed by atoms with Crippen LogP contribution in [0.2, 0.25) is 0 Å². The molecule has 9 heteroatoms. The van der Waals surface area contributed by atoms with Crippen molar-refractivity contribution in [2.24, 2.45) is 0 Å². The van der Waals surface area contributed by atoms with Gasteiger partial charge in [0.25, 0.3) is 11.7 Å². The van der Waals surface area contributed by atoms with Gasteiger partial charge in [-0.2, -0.15) is 0 Å². The minimum atomic E-state index is -1.04. The Bertz CT molecular complexity index is 1220. The van der Waals surface area contributed by atoms with E-state index in [1.165, 1.54) is 36.3 Å². The van der Waals surface area contributed by atoms with Gasteiger partial charge in [-0.1, -0.05) is 12.1 Å². The van der Waals surface area contributed by atoms with Crippen molar-refractivity contribution in [1.29, 1.82) is 0 Å². The van der Waals surface area contributed by atoms with E-state index in [1.807, 2.05) is 4.57 Å². The van der Waals surface area contributed by atoms with Crippen LogP contribution in [0.1, 0.15) is 23.6 Å². The van der Waals surface area contributed by atoms with E-state index >= 15 is 0 Å². The van der Waals surface area contributed by atoms with Gasteiger partial charge in [-0.25, -0.2) is 13.8 Å². The summed E-state index contributed by atoms with van der Waals surface area (Å²) in [5.74, 6) is -3.44. The van der Waals surface area contributed by atoms with Crippen LogP contribution >= 0.6 is 0 Å². The van der Waals surface area contributed by atoms with Crippen LogP contribution in [0.3, 0.4) is 0 Å². The van der Waals surface area contributed by atoms with Gasteiger partial charge in [0.2, 0.25) is 0 Å². The van der Waals surface area contributed by atoms with Crippen molar-refractivity contribution in [3.63, 3.8) is 0 Å². The summed E-state index contributed by atoms with van der Waals surface area (Å²) in [4.78, 5) is 31.2. The van der Waals surface area contributed by atoms with Crippen LogP contribution in [-0.2, 0) is 16.1 Å². The third-order valence-electron chi connectivity index (χ3n) is 5.50. The minimum Gasteiger partial charge on any atom is -0.507 e. The number of imidazole rings is 1. The molecule has 1 aliphatic rings. The van der Waals surface area contributed by atoms with Crippen molar-refractivity contribution in [2.75, 3.05) is 13.7 Å². The number of aromatic nitrogens is 2. The number of hydrogen-bond donors (Lipinski definition) is 1. The number of nitrogens with zero attached hydrogens (tertiary/aromatic N) is 3. The zero-order valence-electron chi connectivity index (χ0n) is 17.7. The normalized spacial score (nSPS) is 17.5. The van der Waals surface area contributed by atoms with Gasteiger partial charge in [-0.05, 0) is 42.3 Å². The van der Waals surface area contributed by atoms with E-state index in [0.717, 1.165) is 12.1 Å². The number of carbonyl (C=O) groups is 2. The number of aryl methyl sites for hydroxylation is 1. The van der Waals surface area contributed by atoms with E-state index in [-0.39, 0.29) is 23.4 Å². The molecule has 33 heavy (non-hydrogen) atoms. The number of ether oxygens (including phenoxy) is 1. The predicted molar refractivity (Wildman–Crippen MR) is 115 cm³/mol. The maximum Gasteiger partial charge on any atom is 0.295 e. The van der Waals surface area contributed by atoms with E-state index < -0.39 is 35.1 Å². The molecule has 2 aromatic carbocycles. The first-order valence-corrected chi connectivity index (χ1v) is 10.2. The fourth-order valence-corrected chi connectivity index (χ4v) is 3.99. The molecule has 0 bridgehead atoms. The standard InChI is InChI=1S/C24H21F2N3O4/c1-33-19-7-6-17(26)13-18(19)22(30)20-21(15-4-2-5-16(25)12-15)29(24(32)23(20)31)10-3-9-28-11-8-27-14-28/h2,4-8,11-14,21,30H,3,9-10H2,1H3/t21-/m0/s1. The molecule has 1 saturated heterocycles. The predicted octanol–water partition coefficient (Wildman–Crippen LogP) is 3.68. The summed E-state index contributed by atoms with van der Waals surface area (Å²) < 4.78 is 35.0. The summed E-state index contributed by atoms with van der Waals surface area (Å²) in [5.41, 5.74) is -0.0128. The molecule has 2 heterocycles. The molecular weight excluding hydrogens is 432 g/mol. The van der Waals surface area contributed by atoms with Gasteiger partial charge in [-0.15, -0.1) is 0 Å². The highest BCUT2D eigenvalue weighted by Crippen LogP contribution is 2.41. The Kier molecular flexibility index (Phi) is 6.21. The number of aliphatic hydroxyl groups excluding tert-OH is 1. The summed E-state index contributed by atoms with van der Waals surface area (Å²) in [6.07, 6.45) is 5.52. The zero-order chi connectivity index (χ0) is 23.5. The van der Waals surface area contributed by atoms with E-state index in [1.54, 1.807) is 24.8 Å². The summed E-state index contributed by atoms with van der Waals surface area (Å²) in [7, 11) is 1.34. The van der Waals surface area contributed by atoms with Gasteiger partial charge < -0.3 is 19.3 Å². The molecule has 1 amide bonds. The third-order valence-corrected chi connectivity index (χ3v) is 5.50. The molecule has 1 aromatic heterocycles. The Labute approximate surface area is 188 Å². The number of Topliss-reactive ketones (excluding diaryl/α,β-unsaturated/α-hetero) is 1. The number of benzene rings is 2. The molecule has 7 nitrogen and oxygen atoms in total. The Morgan fingerprint density at radius 3 is 2.61 bits per heavy atom. The van der Waals surface area contributed by atoms with Crippen molar-refractivity contribution in [3.8, 4) is 5.75 Å². The van der Waals surface area contributed by atoms with Crippen LogP contribution < -0.4 is 4.74 Å². The van der Waals surface area contributed by atoms with Crippen LogP contribution in [0.4, 0.5) is 8.78 Å².